The van der Waals surface area contributed by atoms with Gasteiger partial charge in [-0.1, -0.05) is 13.0 Å². The molecule has 0 aliphatic heterocycles. The molecular formula is C12H16N2O. The molecule has 1 rings (SSSR count). The molecule has 1 aromatic carbocycles. The summed E-state index contributed by atoms with van der Waals surface area (Å²) in [7, 11) is 1.63. The van der Waals surface area contributed by atoms with Crippen molar-refractivity contribution in [2.24, 2.45) is 0 Å². The molecule has 80 valence electrons. The molecule has 0 radical (unpaired) electrons. The third-order valence-corrected chi connectivity index (χ3v) is 2.25. The minimum Gasteiger partial charge on any atom is -0.495 e. The lowest BCUT2D eigenvalue weighted by Gasteiger charge is -2.14. The zero-order valence-electron chi connectivity index (χ0n) is 9.37. The van der Waals surface area contributed by atoms with Crippen LogP contribution in [-0.2, 0) is 0 Å². The molecule has 0 fully saturated rings. The van der Waals surface area contributed by atoms with E-state index in [2.05, 4.69) is 11.4 Å². The van der Waals surface area contributed by atoms with Crippen LogP contribution in [0.1, 0.15) is 18.9 Å². The van der Waals surface area contributed by atoms with E-state index in [4.69, 9.17) is 10.00 Å². The molecule has 0 bridgehead atoms. The third-order valence-electron chi connectivity index (χ3n) is 2.25. The second kappa shape index (κ2) is 5.26. The molecule has 0 spiro atoms. The third kappa shape index (κ3) is 2.88. The fourth-order valence-electron chi connectivity index (χ4n) is 1.35. The first-order valence-electron chi connectivity index (χ1n) is 5.02. The van der Waals surface area contributed by atoms with Crippen LogP contribution < -0.4 is 10.1 Å². The van der Waals surface area contributed by atoms with E-state index in [1.165, 1.54) is 0 Å². The molecule has 0 saturated carbocycles. The molecule has 3 nitrogen and oxygen atoms in total. The highest BCUT2D eigenvalue weighted by Crippen LogP contribution is 2.26. The van der Waals surface area contributed by atoms with Crippen LogP contribution in [0.4, 0.5) is 5.69 Å². The van der Waals surface area contributed by atoms with Crippen LogP contribution in [0.25, 0.3) is 0 Å². The summed E-state index contributed by atoms with van der Waals surface area (Å²) in [5.41, 5.74) is 2.02. The Morgan fingerprint density at radius 2 is 2.27 bits per heavy atom. The molecule has 3 heteroatoms. The number of anilines is 1. The highest BCUT2D eigenvalue weighted by Gasteiger charge is 2.08. The van der Waals surface area contributed by atoms with Crippen molar-refractivity contribution in [3.8, 4) is 11.8 Å². The maximum Gasteiger partial charge on any atom is 0.142 e. The minimum absolute atomic E-state index is 0.166. The first kappa shape index (κ1) is 11.4. The van der Waals surface area contributed by atoms with Gasteiger partial charge in [0.05, 0.1) is 18.9 Å². The molecular weight excluding hydrogens is 188 g/mol. The van der Waals surface area contributed by atoms with E-state index in [0.29, 0.717) is 0 Å². The SMILES string of the molecule is CCC(C#N)Nc1cc(C)ccc1OC. The van der Waals surface area contributed by atoms with Crippen molar-refractivity contribution < 1.29 is 4.74 Å². The number of hydrogen-bond donors (Lipinski definition) is 1. The topological polar surface area (TPSA) is 45.0 Å². The Morgan fingerprint density at radius 3 is 2.80 bits per heavy atom. The Labute approximate surface area is 90.7 Å². The summed E-state index contributed by atoms with van der Waals surface area (Å²) in [6.07, 6.45) is 0.771. The van der Waals surface area contributed by atoms with Gasteiger partial charge in [0.2, 0.25) is 0 Å². The van der Waals surface area contributed by atoms with Gasteiger partial charge in [0.1, 0.15) is 11.8 Å². The summed E-state index contributed by atoms with van der Waals surface area (Å²) < 4.78 is 5.22. The maximum atomic E-state index is 8.87. The number of nitriles is 1. The Morgan fingerprint density at radius 1 is 1.53 bits per heavy atom. The molecule has 0 heterocycles. The Kier molecular flexibility index (Phi) is 3.99. The van der Waals surface area contributed by atoms with Gasteiger partial charge in [-0.05, 0) is 31.0 Å². The fourth-order valence-corrected chi connectivity index (χ4v) is 1.35. The summed E-state index contributed by atoms with van der Waals surface area (Å²) in [5, 5.41) is 12.0. The van der Waals surface area contributed by atoms with Crippen LogP contribution in [0.2, 0.25) is 0 Å². The van der Waals surface area contributed by atoms with Gasteiger partial charge in [-0.25, -0.2) is 0 Å². The lowest BCUT2D eigenvalue weighted by atomic mass is 10.1. The van der Waals surface area contributed by atoms with Crippen molar-refractivity contribution in [1.29, 1.82) is 5.26 Å². The summed E-state index contributed by atoms with van der Waals surface area (Å²) >= 11 is 0. The van der Waals surface area contributed by atoms with E-state index >= 15 is 0 Å². The lowest BCUT2D eigenvalue weighted by molar-refractivity contribution is 0.416. The zero-order chi connectivity index (χ0) is 11.3. The number of benzene rings is 1. The van der Waals surface area contributed by atoms with Crippen LogP contribution in [0.5, 0.6) is 5.75 Å². The van der Waals surface area contributed by atoms with Crippen molar-refractivity contribution in [3.63, 3.8) is 0 Å². The van der Waals surface area contributed by atoms with Crippen molar-refractivity contribution >= 4 is 5.69 Å². The van der Waals surface area contributed by atoms with Gasteiger partial charge in [-0.15, -0.1) is 0 Å². The van der Waals surface area contributed by atoms with Crippen molar-refractivity contribution in [1.82, 2.24) is 0 Å². The summed E-state index contributed by atoms with van der Waals surface area (Å²) in [6.45, 7) is 3.99. The second-order valence-corrected chi connectivity index (χ2v) is 3.44. The van der Waals surface area contributed by atoms with Gasteiger partial charge in [0, 0.05) is 0 Å². The molecule has 0 saturated heterocycles. The largest absolute Gasteiger partial charge is 0.495 e. The van der Waals surface area contributed by atoms with E-state index in [1.807, 2.05) is 32.0 Å². The molecule has 0 amide bonds. The fraction of sp³-hybridized carbons (Fsp3) is 0.417. The summed E-state index contributed by atoms with van der Waals surface area (Å²) in [4.78, 5) is 0. The standard InChI is InChI=1S/C12H16N2O/c1-4-10(8-13)14-11-7-9(2)5-6-12(11)15-3/h5-7,10,14H,4H2,1-3H3. The quantitative estimate of drug-likeness (QED) is 0.820. The molecule has 1 N–H and O–H groups in total. The molecule has 15 heavy (non-hydrogen) atoms. The van der Waals surface area contributed by atoms with Crippen molar-refractivity contribution in [2.45, 2.75) is 26.3 Å². The average Bonchev–Trinajstić information content (AvgIpc) is 2.26. The Bertz CT molecular complexity index is 368. The number of ether oxygens (including phenoxy) is 1. The average molecular weight is 204 g/mol. The molecule has 0 aromatic heterocycles. The first-order chi connectivity index (χ1) is 7.21. The van der Waals surface area contributed by atoms with Gasteiger partial charge in [0.15, 0.2) is 0 Å². The van der Waals surface area contributed by atoms with Gasteiger partial charge < -0.3 is 10.1 Å². The predicted octanol–water partition coefficient (Wildman–Crippen LogP) is 2.72. The van der Waals surface area contributed by atoms with E-state index in [0.717, 1.165) is 23.4 Å². The number of methoxy groups -OCH3 is 1. The molecule has 0 aliphatic rings. The van der Waals surface area contributed by atoms with E-state index in [1.54, 1.807) is 7.11 Å². The Hall–Kier alpha value is -1.69. The van der Waals surface area contributed by atoms with Crippen LogP contribution >= 0.6 is 0 Å². The van der Waals surface area contributed by atoms with Crippen LogP contribution in [-0.4, -0.2) is 13.2 Å². The van der Waals surface area contributed by atoms with Crippen LogP contribution in [0.3, 0.4) is 0 Å². The minimum atomic E-state index is -0.166. The normalized spacial score (nSPS) is 11.6. The number of aryl methyl sites for hydroxylation is 1. The maximum absolute atomic E-state index is 8.87. The van der Waals surface area contributed by atoms with Gasteiger partial charge >= 0.3 is 0 Å². The summed E-state index contributed by atoms with van der Waals surface area (Å²) in [6, 6.07) is 7.91. The first-order valence-corrected chi connectivity index (χ1v) is 5.02. The lowest BCUT2D eigenvalue weighted by Crippen LogP contribution is -2.16. The van der Waals surface area contributed by atoms with Gasteiger partial charge in [-0.2, -0.15) is 5.26 Å². The molecule has 1 aromatic rings. The van der Waals surface area contributed by atoms with Crippen LogP contribution in [0.15, 0.2) is 18.2 Å². The zero-order valence-corrected chi connectivity index (χ0v) is 9.37. The summed E-state index contributed by atoms with van der Waals surface area (Å²) in [5.74, 6) is 0.773. The molecule has 1 unspecified atom stereocenters. The number of hydrogen-bond acceptors (Lipinski definition) is 3. The van der Waals surface area contributed by atoms with Crippen molar-refractivity contribution in [2.75, 3.05) is 12.4 Å². The molecule has 0 aliphatic carbocycles. The molecule has 1 atom stereocenters. The van der Waals surface area contributed by atoms with Crippen LogP contribution in [0, 0.1) is 18.3 Å². The Balaban J connectivity index is 2.92. The number of nitrogens with zero attached hydrogens (tertiary/aromatic N) is 1. The number of nitrogens with one attached hydrogen (secondary N) is 1. The predicted molar refractivity (Wildman–Crippen MR) is 61.0 cm³/mol. The highest BCUT2D eigenvalue weighted by atomic mass is 16.5. The van der Waals surface area contributed by atoms with E-state index in [9.17, 15) is 0 Å². The smallest absolute Gasteiger partial charge is 0.142 e. The second-order valence-electron chi connectivity index (χ2n) is 3.44. The van der Waals surface area contributed by atoms with Crippen molar-refractivity contribution in [3.05, 3.63) is 23.8 Å². The number of rotatable bonds is 4. The van der Waals surface area contributed by atoms with E-state index < -0.39 is 0 Å². The monoisotopic (exact) mass is 204 g/mol. The van der Waals surface area contributed by atoms with E-state index in [-0.39, 0.29) is 6.04 Å². The van der Waals surface area contributed by atoms with Gasteiger partial charge in [0.25, 0.3) is 0 Å². The highest BCUT2D eigenvalue weighted by molar-refractivity contribution is 5.59. The van der Waals surface area contributed by atoms with Gasteiger partial charge in [-0.3, -0.25) is 0 Å².